The summed E-state index contributed by atoms with van der Waals surface area (Å²) in [5, 5.41) is 23.3. The molecule has 0 aliphatic carbocycles. The van der Waals surface area contributed by atoms with Crippen LogP contribution in [0.25, 0.3) is 0 Å². The summed E-state index contributed by atoms with van der Waals surface area (Å²) < 4.78 is 5.02. The third-order valence-corrected chi connectivity index (χ3v) is 3.42. The molecular weight excluding hydrogens is 338 g/mol. The Labute approximate surface area is 147 Å². The number of hydrogen-bond acceptors (Lipinski definition) is 6. The molecule has 0 spiro atoms. The van der Waals surface area contributed by atoms with Crippen molar-refractivity contribution in [1.82, 2.24) is 0 Å². The zero-order chi connectivity index (χ0) is 18.5. The van der Waals surface area contributed by atoms with E-state index in [1.54, 1.807) is 36.4 Å². The monoisotopic (exact) mass is 351 g/mol. The second-order valence-electron chi connectivity index (χ2n) is 5.24. The number of nitrogens with zero attached hydrogens (tertiary/aromatic N) is 2. The van der Waals surface area contributed by atoms with Crippen molar-refractivity contribution < 1.29 is 19.2 Å². The number of nitro benzene ring substituents is 1. The van der Waals surface area contributed by atoms with Gasteiger partial charge in [-0.2, -0.15) is 0 Å². The molecule has 0 atom stereocenters. The van der Waals surface area contributed by atoms with E-state index >= 15 is 0 Å². The van der Waals surface area contributed by atoms with Crippen LogP contribution in [0.5, 0.6) is 5.75 Å². The van der Waals surface area contributed by atoms with E-state index in [4.69, 9.17) is 4.42 Å². The molecule has 2 aromatic carbocycles. The number of rotatable bonds is 5. The van der Waals surface area contributed by atoms with E-state index in [0.717, 1.165) is 0 Å². The van der Waals surface area contributed by atoms with E-state index in [2.05, 4.69) is 10.3 Å². The molecule has 0 fully saturated rings. The molecule has 2 N–H and O–H groups in total. The number of nitro groups is 1. The average molecular weight is 351 g/mol. The summed E-state index contributed by atoms with van der Waals surface area (Å²) in [7, 11) is 0. The van der Waals surface area contributed by atoms with Crippen LogP contribution in [0.3, 0.4) is 0 Å². The van der Waals surface area contributed by atoms with Gasteiger partial charge >= 0.3 is 0 Å². The lowest BCUT2D eigenvalue weighted by Crippen LogP contribution is -2.10. The maximum absolute atomic E-state index is 12.0. The fourth-order valence-electron chi connectivity index (χ4n) is 2.17. The lowest BCUT2D eigenvalue weighted by atomic mass is 10.2. The Morgan fingerprint density at radius 1 is 1.19 bits per heavy atom. The number of anilines is 1. The number of nitrogens with one attached hydrogen (secondary N) is 1. The van der Waals surface area contributed by atoms with Gasteiger partial charge in [0.1, 0.15) is 5.75 Å². The largest absolute Gasteiger partial charge is 0.507 e. The Balaban J connectivity index is 1.78. The molecule has 130 valence electrons. The van der Waals surface area contributed by atoms with Crippen LogP contribution in [0, 0.1) is 10.1 Å². The van der Waals surface area contributed by atoms with Crippen LogP contribution in [-0.2, 0) is 0 Å². The number of carbonyl (C=O) groups is 1. The molecule has 0 saturated carbocycles. The molecule has 26 heavy (non-hydrogen) atoms. The summed E-state index contributed by atoms with van der Waals surface area (Å²) in [5.41, 5.74) is 1.06. The third-order valence-electron chi connectivity index (χ3n) is 3.42. The van der Waals surface area contributed by atoms with Crippen LogP contribution in [0.4, 0.5) is 17.1 Å². The van der Waals surface area contributed by atoms with E-state index in [-0.39, 0.29) is 22.8 Å². The first kappa shape index (κ1) is 16.9. The van der Waals surface area contributed by atoms with E-state index in [9.17, 15) is 20.0 Å². The average Bonchev–Trinajstić information content (AvgIpc) is 3.16. The predicted octanol–water partition coefficient (Wildman–Crippen LogP) is 3.90. The Bertz CT molecular complexity index is 980. The van der Waals surface area contributed by atoms with Crippen molar-refractivity contribution in [2.75, 3.05) is 5.32 Å². The van der Waals surface area contributed by atoms with Gasteiger partial charge in [0, 0.05) is 29.6 Å². The number of benzene rings is 2. The quantitative estimate of drug-likeness (QED) is 0.410. The van der Waals surface area contributed by atoms with Crippen molar-refractivity contribution in [3.05, 3.63) is 82.3 Å². The molecule has 0 bridgehead atoms. The summed E-state index contributed by atoms with van der Waals surface area (Å²) in [6, 6.07) is 13.5. The molecule has 8 nitrogen and oxygen atoms in total. The Kier molecular flexibility index (Phi) is 4.75. The van der Waals surface area contributed by atoms with E-state index < -0.39 is 10.8 Å². The van der Waals surface area contributed by atoms with Crippen LogP contribution < -0.4 is 5.32 Å². The second-order valence-corrected chi connectivity index (χ2v) is 5.24. The van der Waals surface area contributed by atoms with Gasteiger partial charge in [-0.25, -0.2) is 0 Å². The summed E-state index contributed by atoms with van der Waals surface area (Å²) in [4.78, 5) is 26.4. The Morgan fingerprint density at radius 2 is 2.04 bits per heavy atom. The minimum atomic E-state index is -0.554. The number of hydrogen-bond donors (Lipinski definition) is 2. The number of furan rings is 1. The molecule has 0 radical (unpaired) electrons. The molecule has 0 saturated heterocycles. The summed E-state index contributed by atoms with van der Waals surface area (Å²) in [5.74, 6) is -0.338. The van der Waals surface area contributed by atoms with Gasteiger partial charge in [-0.15, -0.1) is 0 Å². The molecule has 0 aliphatic heterocycles. The standard InChI is InChI=1S/C18H13N3O5/c22-16-7-6-15(21(24)25)9-12(16)11-19-13-3-1-4-14(10-13)20-18(23)17-5-2-8-26-17/h1-11,22H,(H,20,23). The van der Waals surface area contributed by atoms with Gasteiger partial charge in [-0.3, -0.25) is 19.9 Å². The molecule has 1 amide bonds. The molecule has 3 aromatic rings. The normalized spacial score (nSPS) is 10.8. The number of phenolic OH excluding ortho intramolecular Hbond substituents is 1. The van der Waals surface area contributed by atoms with Crippen molar-refractivity contribution in [2.24, 2.45) is 4.99 Å². The first-order chi connectivity index (χ1) is 12.5. The first-order valence-corrected chi connectivity index (χ1v) is 7.49. The van der Waals surface area contributed by atoms with Crippen LogP contribution in [0.1, 0.15) is 16.1 Å². The molecule has 1 heterocycles. The molecule has 0 unspecified atom stereocenters. The molecule has 3 rings (SSSR count). The highest BCUT2D eigenvalue weighted by atomic mass is 16.6. The van der Waals surface area contributed by atoms with Gasteiger partial charge in [-0.05, 0) is 36.4 Å². The molecular formula is C18H13N3O5. The van der Waals surface area contributed by atoms with E-state index in [1.165, 1.54) is 30.7 Å². The predicted molar refractivity (Wildman–Crippen MR) is 95.1 cm³/mol. The topological polar surface area (TPSA) is 118 Å². The SMILES string of the molecule is O=C(Nc1cccc(N=Cc2cc([N+](=O)[O-])ccc2O)c1)c1ccco1. The summed E-state index contributed by atoms with van der Waals surface area (Å²) in [6.45, 7) is 0. The first-order valence-electron chi connectivity index (χ1n) is 7.49. The van der Waals surface area contributed by atoms with Crippen LogP contribution in [0.15, 0.2) is 70.3 Å². The smallest absolute Gasteiger partial charge is 0.291 e. The van der Waals surface area contributed by atoms with Crippen LogP contribution in [0.2, 0.25) is 0 Å². The molecule has 0 aliphatic rings. The lowest BCUT2D eigenvalue weighted by Gasteiger charge is -2.04. The molecule has 1 aromatic heterocycles. The van der Waals surface area contributed by atoms with Crippen molar-refractivity contribution >= 4 is 29.2 Å². The summed E-state index contributed by atoms with van der Waals surface area (Å²) >= 11 is 0. The van der Waals surface area contributed by atoms with Crippen molar-refractivity contribution in [3.8, 4) is 5.75 Å². The Morgan fingerprint density at radius 3 is 2.77 bits per heavy atom. The minimum absolute atomic E-state index is 0.123. The highest BCUT2D eigenvalue weighted by Crippen LogP contribution is 2.23. The van der Waals surface area contributed by atoms with E-state index in [1.807, 2.05) is 0 Å². The van der Waals surface area contributed by atoms with Gasteiger partial charge in [-0.1, -0.05) is 6.07 Å². The van der Waals surface area contributed by atoms with Crippen molar-refractivity contribution in [3.63, 3.8) is 0 Å². The maximum Gasteiger partial charge on any atom is 0.291 e. The number of aromatic hydroxyl groups is 1. The number of amides is 1. The second kappa shape index (κ2) is 7.31. The fourth-order valence-corrected chi connectivity index (χ4v) is 2.17. The zero-order valence-electron chi connectivity index (χ0n) is 13.3. The van der Waals surface area contributed by atoms with Gasteiger partial charge in [0.2, 0.25) is 0 Å². The zero-order valence-corrected chi connectivity index (χ0v) is 13.3. The molecule has 8 heteroatoms. The maximum atomic E-state index is 12.0. The summed E-state index contributed by atoms with van der Waals surface area (Å²) in [6.07, 6.45) is 2.72. The number of carbonyl (C=O) groups excluding carboxylic acids is 1. The van der Waals surface area contributed by atoms with Crippen LogP contribution >= 0.6 is 0 Å². The number of non-ortho nitro benzene ring substituents is 1. The highest BCUT2D eigenvalue weighted by Gasteiger charge is 2.10. The lowest BCUT2D eigenvalue weighted by molar-refractivity contribution is -0.384. The Hall–Kier alpha value is -3.94. The number of phenols is 1. The van der Waals surface area contributed by atoms with E-state index in [0.29, 0.717) is 11.4 Å². The van der Waals surface area contributed by atoms with Crippen molar-refractivity contribution in [1.29, 1.82) is 0 Å². The number of aliphatic imine (C=N–C) groups is 1. The van der Waals surface area contributed by atoms with Gasteiger partial charge in [0.25, 0.3) is 11.6 Å². The highest BCUT2D eigenvalue weighted by molar-refractivity contribution is 6.02. The van der Waals surface area contributed by atoms with Crippen molar-refractivity contribution in [2.45, 2.75) is 0 Å². The minimum Gasteiger partial charge on any atom is -0.507 e. The third kappa shape index (κ3) is 3.93. The fraction of sp³-hybridized carbons (Fsp3) is 0. The van der Waals surface area contributed by atoms with Crippen LogP contribution in [-0.4, -0.2) is 22.2 Å². The van der Waals surface area contributed by atoms with Gasteiger partial charge in [0.05, 0.1) is 16.9 Å². The van der Waals surface area contributed by atoms with Gasteiger partial charge in [0.15, 0.2) is 5.76 Å². The van der Waals surface area contributed by atoms with Gasteiger partial charge < -0.3 is 14.8 Å².